The molecule has 0 unspecified atom stereocenters. The largest absolute Gasteiger partial charge is 0.351 e. The summed E-state index contributed by atoms with van der Waals surface area (Å²) in [7, 11) is 0. The quantitative estimate of drug-likeness (QED) is 0.933. The molecule has 0 saturated heterocycles. The van der Waals surface area contributed by atoms with Crippen LogP contribution in [0.25, 0.3) is 0 Å². The molecule has 2 heterocycles. The molecule has 1 N–H and O–H groups in total. The van der Waals surface area contributed by atoms with Crippen LogP contribution in [0.5, 0.6) is 0 Å². The molecule has 7 heteroatoms. The molecule has 0 amide bonds. The molecule has 24 heavy (non-hydrogen) atoms. The first-order valence-corrected chi connectivity index (χ1v) is 8.53. The van der Waals surface area contributed by atoms with E-state index in [0.29, 0.717) is 11.9 Å². The van der Waals surface area contributed by atoms with Gasteiger partial charge in [0, 0.05) is 18.0 Å². The van der Waals surface area contributed by atoms with Crippen LogP contribution >= 0.6 is 0 Å². The van der Waals surface area contributed by atoms with Crippen LogP contribution in [0.3, 0.4) is 0 Å². The van der Waals surface area contributed by atoms with Gasteiger partial charge in [-0.3, -0.25) is 4.79 Å². The van der Waals surface area contributed by atoms with Crippen molar-refractivity contribution in [2.24, 2.45) is 0 Å². The minimum absolute atomic E-state index is 0.0160. The number of anilines is 1. The van der Waals surface area contributed by atoms with E-state index in [4.69, 9.17) is 0 Å². The summed E-state index contributed by atoms with van der Waals surface area (Å²) < 4.78 is 14.5. The number of rotatable bonds is 4. The minimum atomic E-state index is -0.440. The van der Waals surface area contributed by atoms with E-state index in [-0.39, 0.29) is 17.6 Å². The Morgan fingerprint density at radius 3 is 2.42 bits per heavy atom. The summed E-state index contributed by atoms with van der Waals surface area (Å²) in [6.07, 6.45) is 8.28. The van der Waals surface area contributed by atoms with E-state index in [0.717, 1.165) is 43.8 Å². The van der Waals surface area contributed by atoms with Crippen LogP contribution < -0.4 is 10.9 Å². The van der Waals surface area contributed by atoms with E-state index < -0.39 is 5.82 Å². The van der Waals surface area contributed by atoms with Crippen LogP contribution in [0.15, 0.2) is 29.3 Å². The number of nitrogens with one attached hydrogen (secondary N) is 1. The van der Waals surface area contributed by atoms with Crippen molar-refractivity contribution in [3.63, 3.8) is 0 Å². The zero-order chi connectivity index (χ0) is 16.5. The SMILES string of the molecule is O=c1ccc(C2CC2)nn1C1CCC(Nc2ncc(F)cn2)CC1. The summed E-state index contributed by atoms with van der Waals surface area (Å²) in [5.41, 5.74) is 1.03. The van der Waals surface area contributed by atoms with E-state index in [1.807, 2.05) is 6.07 Å². The Morgan fingerprint density at radius 1 is 1.04 bits per heavy atom. The molecule has 2 fully saturated rings. The first-order chi connectivity index (χ1) is 11.7. The van der Waals surface area contributed by atoms with E-state index in [2.05, 4.69) is 20.4 Å². The predicted octanol–water partition coefficient (Wildman–Crippen LogP) is 2.65. The fourth-order valence-electron chi connectivity index (χ4n) is 3.33. The average molecular weight is 329 g/mol. The first-order valence-electron chi connectivity index (χ1n) is 8.53. The summed E-state index contributed by atoms with van der Waals surface area (Å²) in [4.78, 5) is 20.0. The van der Waals surface area contributed by atoms with Gasteiger partial charge < -0.3 is 5.32 Å². The Kier molecular flexibility index (Phi) is 4.00. The van der Waals surface area contributed by atoms with Crippen LogP contribution in [-0.4, -0.2) is 25.8 Å². The lowest BCUT2D eigenvalue weighted by Gasteiger charge is -2.29. The van der Waals surface area contributed by atoms with Crippen LogP contribution in [-0.2, 0) is 0 Å². The normalized spacial score (nSPS) is 23.9. The molecule has 4 rings (SSSR count). The number of hydrogen-bond acceptors (Lipinski definition) is 5. The smallest absolute Gasteiger partial charge is 0.267 e. The number of aromatic nitrogens is 4. The second kappa shape index (κ2) is 6.30. The third-order valence-electron chi connectivity index (χ3n) is 4.84. The third-order valence-corrected chi connectivity index (χ3v) is 4.84. The van der Waals surface area contributed by atoms with Gasteiger partial charge in [0.05, 0.1) is 24.1 Å². The molecule has 0 atom stereocenters. The maximum Gasteiger partial charge on any atom is 0.267 e. The fourth-order valence-corrected chi connectivity index (χ4v) is 3.33. The lowest BCUT2D eigenvalue weighted by atomic mass is 9.91. The highest BCUT2D eigenvalue weighted by Gasteiger charge is 2.28. The molecule has 0 radical (unpaired) electrons. The molecule has 0 spiro atoms. The molecule has 0 bridgehead atoms. The van der Waals surface area contributed by atoms with Gasteiger partial charge in [0.25, 0.3) is 5.56 Å². The second-order valence-corrected chi connectivity index (χ2v) is 6.69. The minimum Gasteiger partial charge on any atom is -0.351 e. The van der Waals surface area contributed by atoms with Crippen molar-refractivity contribution in [1.29, 1.82) is 0 Å². The summed E-state index contributed by atoms with van der Waals surface area (Å²) in [5, 5.41) is 7.83. The molecule has 6 nitrogen and oxygen atoms in total. The number of halogens is 1. The molecular formula is C17H20FN5O. The molecule has 0 aliphatic heterocycles. The molecule has 2 aromatic heterocycles. The summed E-state index contributed by atoms with van der Waals surface area (Å²) >= 11 is 0. The molecule has 2 saturated carbocycles. The van der Waals surface area contributed by atoms with Crippen molar-refractivity contribution in [1.82, 2.24) is 19.7 Å². The van der Waals surface area contributed by atoms with Gasteiger partial charge in [-0.25, -0.2) is 19.0 Å². The predicted molar refractivity (Wildman–Crippen MR) is 87.4 cm³/mol. The molecule has 2 aromatic rings. The van der Waals surface area contributed by atoms with Crippen LogP contribution in [0.1, 0.15) is 56.2 Å². The van der Waals surface area contributed by atoms with E-state index in [9.17, 15) is 9.18 Å². The van der Waals surface area contributed by atoms with Crippen LogP contribution in [0.2, 0.25) is 0 Å². The van der Waals surface area contributed by atoms with Crippen molar-refractivity contribution < 1.29 is 4.39 Å². The number of hydrogen-bond donors (Lipinski definition) is 1. The van der Waals surface area contributed by atoms with Gasteiger partial charge in [-0.05, 0) is 44.6 Å². The van der Waals surface area contributed by atoms with Gasteiger partial charge in [-0.15, -0.1) is 0 Å². The Labute approximate surface area is 139 Å². The lowest BCUT2D eigenvalue weighted by Crippen LogP contribution is -2.33. The fraction of sp³-hybridized carbons (Fsp3) is 0.529. The Hall–Kier alpha value is -2.31. The number of nitrogens with zero attached hydrogens (tertiary/aromatic N) is 4. The topological polar surface area (TPSA) is 72.7 Å². The zero-order valence-corrected chi connectivity index (χ0v) is 13.4. The Bertz CT molecular complexity index is 763. The summed E-state index contributed by atoms with van der Waals surface area (Å²) in [6.45, 7) is 0. The molecule has 126 valence electrons. The average Bonchev–Trinajstić information content (AvgIpc) is 3.43. The molecular weight excluding hydrogens is 309 g/mol. The van der Waals surface area contributed by atoms with Gasteiger partial charge in [-0.2, -0.15) is 5.10 Å². The maximum absolute atomic E-state index is 12.8. The lowest BCUT2D eigenvalue weighted by molar-refractivity contribution is 0.301. The highest BCUT2D eigenvalue weighted by Crippen LogP contribution is 2.38. The van der Waals surface area contributed by atoms with Crippen LogP contribution in [0, 0.1) is 5.82 Å². The first kappa shape index (κ1) is 15.2. The van der Waals surface area contributed by atoms with Crippen LogP contribution in [0.4, 0.5) is 10.3 Å². The highest BCUT2D eigenvalue weighted by molar-refractivity contribution is 5.24. The maximum atomic E-state index is 12.8. The summed E-state index contributed by atoms with van der Waals surface area (Å²) in [5.74, 6) is 0.557. The van der Waals surface area contributed by atoms with Crippen molar-refractivity contribution in [3.05, 3.63) is 46.4 Å². The molecule has 2 aliphatic rings. The Morgan fingerprint density at radius 2 is 1.75 bits per heavy atom. The third kappa shape index (κ3) is 3.29. The van der Waals surface area contributed by atoms with Crippen molar-refractivity contribution in [2.45, 2.75) is 56.5 Å². The van der Waals surface area contributed by atoms with Crippen molar-refractivity contribution in [3.8, 4) is 0 Å². The van der Waals surface area contributed by atoms with E-state index in [1.54, 1.807) is 10.7 Å². The standard InChI is InChI=1S/C17H20FN5O/c18-12-9-19-17(20-10-12)21-13-3-5-14(6-4-13)23-16(24)8-7-15(22-23)11-1-2-11/h7-11,13-14H,1-6H2,(H,19,20,21). The second-order valence-electron chi connectivity index (χ2n) is 6.69. The van der Waals surface area contributed by atoms with Gasteiger partial charge in [-0.1, -0.05) is 0 Å². The van der Waals surface area contributed by atoms with Gasteiger partial charge >= 0.3 is 0 Å². The highest BCUT2D eigenvalue weighted by atomic mass is 19.1. The van der Waals surface area contributed by atoms with Gasteiger partial charge in [0.1, 0.15) is 0 Å². The van der Waals surface area contributed by atoms with Gasteiger partial charge in [0.2, 0.25) is 5.95 Å². The molecule has 2 aliphatic carbocycles. The van der Waals surface area contributed by atoms with E-state index in [1.165, 1.54) is 12.8 Å². The molecule has 0 aromatic carbocycles. The zero-order valence-electron chi connectivity index (χ0n) is 13.4. The summed E-state index contributed by atoms with van der Waals surface area (Å²) in [6, 6.07) is 3.92. The van der Waals surface area contributed by atoms with Crippen molar-refractivity contribution in [2.75, 3.05) is 5.32 Å². The monoisotopic (exact) mass is 329 g/mol. The Balaban J connectivity index is 1.40. The van der Waals surface area contributed by atoms with E-state index >= 15 is 0 Å². The van der Waals surface area contributed by atoms with Gasteiger partial charge in [0.15, 0.2) is 5.82 Å². The van der Waals surface area contributed by atoms with Crippen molar-refractivity contribution >= 4 is 5.95 Å².